The fourth-order valence-electron chi connectivity index (χ4n) is 8.40. The first-order chi connectivity index (χ1) is 15.9. The van der Waals surface area contributed by atoms with Gasteiger partial charge in [0.2, 0.25) is 0 Å². The molecule has 0 aliphatic heterocycles. The quantitative estimate of drug-likeness (QED) is 0.500. The summed E-state index contributed by atoms with van der Waals surface area (Å²) in [4.78, 5) is 35.9. The summed E-state index contributed by atoms with van der Waals surface area (Å²) in [5.74, 6) is 3.25. The highest BCUT2D eigenvalue weighted by atomic mass is 16.6. The topological polar surface area (TPSA) is 69.7 Å². The van der Waals surface area contributed by atoms with E-state index in [1.807, 2.05) is 6.08 Å². The highest BCUT2D eigenvalue weighted by Gasteiger charge is 2.54. The van der Waals surface area contributed by atoms with Crippen LogP contribution in [0.5, 0.6) is 0 Å². The van der Waals surface area contributed by atoms with Crippen LogP contribution in [0.1, 0.15) is 90.4 Å². The van der Waals surface area contributed by atoms with Gasteiger partial charge < -0.3 is 9.47 Å². The maximum absolute atomic E-state index is 12.1. The van der Waals surface area contributed by atoms with Gasteiger partial charge in [0, 0.05) is 6.42 Å². The van der Waals surface area contributed by atoms with Gasteiger partial charge in [-0.1, -0.05) is 25.3 Å². The number of ether oxygens (including phenoxy) is 2. The lowest BCUT2D eigenvalue weighted by Gasteiger charge is -2.52. The van der Waals surface area contributed by atoms with Crippen LogP contribution in [0.4, 0.5) is 0 Å². The average molecular weight is 457 g/mol. The Morgan fingerprint density at radius 3 is 2.67 bits per heavy atom. The Labute approximate surface area is 198 Å². The Hall–Kier alpha value is -1.65. The van der Waals surface area contributed by atoms with E-state index in [1.54, 1.807) is 0 Å². The molecule has 0 N–H and O–H groups in total. The van der Waals surface area contributed by atoms with Crippen molar-refractivity contribution in [1.82, 2.24) is 0 Å². The van der Waals surface area contributed by atoms with E-state index >= 15 is 0 Å². The molecule has 5 aliphatic rings. The fourth-order valence-corrected chi connectivity index (χ4v) is 8.40. The second-order valence-electron chi connectivity index (χ2n) is 11.9. The smallest absolute Gasteiger partial charge is 0.344 e. The number of allylic oxidation sites excluding steroid dienone is 1. The molecule has 0 bridgehead atoms. The van der Waals surface area contributed by atoms with E-state index in [0.29, 0.717) is 29.6 Å². The van der Waals surface area contributed by atoms with Gasteiger partial charge >= 0.3 is 11.9 Å². The monoisotopic (exact) mass is 456 g/mol. The van der Waals surface area contributed by atoms with Gasteiger partial charge in [-0.2, -0.15) is 0 Å². The molecule has 5 aliphatic carbocycles. The van der Waals surface area contributed by atoms with Gasteiger partial charge in [-0.15, -0.1) is 0 Å². The number of carbonyl (C=O) groups excluding carboxylic acids is 3. The molecule has 0 radical (unpaired) electrons. The Bertz CT molecular complexity index is 809. The third-order valence-corrected chi connectivity index (χ3v) is 9.97. The van der Waals surface area contributed by atoms with Crippen LogP contribution in [0.25, 0.3) is 0 Å². The largest absolute Gasteiger partial charge is 0.463 e. The van der Waals surface area contributed by atoms with Gasteiger partial charge in [0.15, 0.2) is 12.4 Å². The van der Waals surface area contributed by atoms with Crippen molar-refractivity contribution in [3.63, 3.8) is 0 Å². The zero-order chi connectivity index (χ0) is 23.0. The molecule has 6 atom stereocenters. The Balaban J connectivity index is 1.09. The molecule has 182 valence electrons. The first kappa shape index (κ1) is 23.1. The molecule has 5 heteroatoms. The van der Waals surface area contributed by atoms with Crippen molar-refractivity contribution in [2.75, 3.05) is 13.2 Å². The number of ketones is 1. The van der Waals surface area contributed by atoms with Crippen molar-refractivity contribution in [1.29, 1.82) is 0 Å². The first-order valence-corrected chi connectivity index (χ1v) is 13.5. The lowest BCUT2D eigenvalue weighted by Crippen LogP contribution is -2.44. The van der Waals surface area contributed by atoms with Gasteiger partial charge in [-0.25, -0.2) is 4.79 Å². The molecular weight excluding hydrogens is 416 g/mol. The van der Waals surface area contributed by atoms with Crippen LogP contribution >= 0.6 is 0 Å². The second-order valence-corrected chi connectivity index (χ2v) is 11.9. The minimum atomic E-state index is -0.415. The summed E-state index contributed by atoms with van der Waals surface area (Å²) in [7, 11) is 0. The molecule has 0 amide bonds. The van der Waals surface area contributed by atoms with Crippen molar-refractivity contribution in [2.45, 2.75) is 90.4 Å². The number of carbonyl (C=O) groups is 3. The summed E-state index contributed by atoms with van der Waals surface area (Å²) in [6.07, 6.45) is 16.1. The number of rotatable bonds is 6. The van der Waals surface area contributed by atoms with Crippen molar-refractivity contribution in [3.05, 3.63) is 11.6 Å². The highest BCUT2D eigenvalue weighted by Crippen LogP contribution is 2.63. The van der Waals surface area contributed by atoms with E-state index in [4.69, 9.17) is 9.47 Å². The maximum Gasteiger partial charge on any atom is 0.344 e. The number of hydrogen-bond donors (Lipinski definition) is 0. The SMILES string of the molecule is C[C@]12CC[C@H]3[C@@H](CCC4=CC(=O)CC[C@@H]43)[C@@H]1C[C@H](CCOC(=O)COC(=O)C1CCCC1)C2. The second kappa shape index (κ2) is 9.54. The molecule has 0 unspecified atom stereocenters. The van der Waals surface area contributed by atoms with Gasteiger partial charge in [0.05, 0.1) is 12.5 Å². The number of hydrogen-bond acceptors (Lipinski definition) is 5. The maximum atomic E-state index is 12.1. The molecule has 5 rings (SSSR count). The van der Waals surface area contributed by atoms with Gasteiger partial charge in [-0.05, 0) is 105 Å². The van der Waals surface area contributed by atoms with Crippen LogP contribution in [-0.4, -0.2) is 30.9 Å². The van der Waals surface area contributed by atoms with Crippen molar-refractivity contribution in [3.8, 4) is 0 Å². The molecule has 4 saturated carbocycles. The minimum absolute atomic E-state index is 0.0235. The van der Waals surface area contributed by atoms with Crippen LogP contribution in [0, 0.1) is 40.9 Å². The summed E-state index contributed by atoms with van der Waals surface area (Å²) < 4.78 is 10.6. The van der Waals surface area contributed by atoms with Crippen LogP contribution in [0.2, 0.25) is 0 Å². The van der Waals surface area contributed by atoms with Crippen molar-refractivity contribution in [2.24, 2.45) is 40.9 Å². The molecule has 4 fully saturated rings. The molecule has 0 aromatic heterocycles. The number of fused-ring (bicyclic) bond motifs is 5. The van der Waals surface area contributed by atoms with E-state index in [2.05, 4.69) is 6.92 Å². The lowest BCUT2D eigenvalue weighted by molar-refractivity contribution is -0.161. The summed E-state index contributed by atoms with van der Waals surface area (Å²) in [6.45, 7) is 2.68. The van der Waals surface area contributed by atoms with Gasteiger partial charge in [0.25, 0.3) is 0 Å². The molecule has 0 aromatic rings. The standard InChI is InChI=1S/C28H40O5/c1-28-12-10-23-22-9-7-21(29)15-20(22)6-8-24(23)25(28)14-18(16-28)11-13-32-26(30)17-33-27(31)19-4-2-3-5-19/h15,18-19,22-25H,2-14,16-17H2,1H3/t18-,22-,23+,24+,25-,28+/m0/s1. The summed E-state index contributed by atoms with van der Waals surface area (Å²) in [5, 5.41) is 0. The van der Waals surface area contributed by atoms with E-state index in [-0.39, 0.29) is 18.5 Å². The van der Waals surface area contributed by atoms with E-state index in [0.717, 1.165) is 69.1 Å². The Morgan fingerprint density at radius 2 is 1.85 bits per heavy atom. The van der Waals surface area contributed by atoms with Crippen molar-refractivity contribution < 1.29 is 23.9 Å². The van der Waals surface area contributed by atoms with Crippen molar-refractivity contribution >= 4 is 17.7 Å². The van der Waals surface area contributed by atoms with Crippen LogP contribution in [0.15, 0.2) is 11.6 Å². The third kappa shape index (κ3) is 4.79. The third-order valence-electron chi connectivity index (χ3n) is 9.97. The zero-order valence-electron chi connectivity index (χ0n) is 20.2. The summed E-state index contributed by atoms with van der Waals surface area (Å²) in [5.41, 5.74) is 1.87. The first-order valence-electron chi connectivity index (χ1n) is 13.5. The predicted octanol–water partition coefficient (Wildman–Crippen LogP) is 5.41. The lowest BCUT2D eigenvalue weighted by atomic mass is 9.52. The normalized spacial score (nSPS) is 38.2. The highest BCUT2D eigenvalue weighted by molar-refractivity contribution is 5.91. The van der Waals surface area contributed by atoms with Crippen LogP contribution in [-0.2, 0) is 23.9 Å². The van der Waals surface area contributed by atoms with Gasteiger partial charge in [-0.3, -0.25) is 9.59 Å². The molecular formula is C28H40O5. The molecule has 0 saturated heterocycles. The summed E-state index contributed by atoms with van der Waals surface area (Å²) >= 11 is 0. The predicted molar refractivity (Wildman–Crippen MR) is 124 cm³/mol. The molecule has 5 nitrogen and oxygen atoms in total. The van der Waals surface area contributed by atoms with Gasteiger partial charge in [0.1, 0.15) is 0 Å². The molecule has 0 aromatic carbocycles. The fraction of sp³-hybridized carbons (Fsp3) is 0.821. The minimum Gasteiger partial charge on any atom is -0.463 e. The summed E-state index contributed by atoms with van der Waals surface area (Å²) in [6, 6.07) is 0. The Kier molecular flexibility index (Phi) is 6.68. The number of esters is 2. The average Bonchev–Trinajstić information content (AvgIpc) is 3.45. The molecule has 33 heavy (non-hydrogen) atoms. The van der Waals surface area contributed by atoms with E-state index < -0.39 is 5.97 Å². The van der Waals surface area contributed by atoms with Crippen LogP contribution in [0.3, 0.4) is 0 Å². The molecule has 0 spiro atoms. The zero-order valence-corrected chi connectivity index (χ0v) is 20.2. The molecule has 0 heterocycles. The van der Waals surface area contributed by atoms with E-state index in [1.165, 1.54) is 37.7 Å². The van der Waals surface area contributed by atoms with Crippen LogP contribution < -0.4 is 0 Å². The Morgan fingerprint density at radius 1 is 1.03 bits per heavy atom. The van der Waals surface area contributed by atoms with E-state index in [9.17, 15) is 14.4 Å².